The van der Waals surface area contributed by atoms with Crippen LogP contribution in [0, 0.1) is 16.0 Å². The molecule has 0 aliphatic rings. The minimum atomic E-state index is -0.512. The number of carbonyl (C=O) groups excluding carboxylic acids is 1. The lowest BCUT2D eigenvalue weighted by Gasteiger charge is -2.27. The minimum Gasteiger partial charge on any atom is -0.353 e. The van der Waals surface area contributed by atoms with Crippen LogP contribution in [0.2, 0.25) is 0 Å². The number of aromatic amines is 1. The zero-order valence-corrected chi connectivity index (χ0v) is 11.8. The molecule has 6 heteroatoms. The summed E-state index contributed by atoms with van der Waals surface area (Å²) in [5.74, 6) is 0.343. The van der Waals surface area contributed by atoms with Crippen molar-refractivity contribution in [1.82, 2.24) is 9.88 Å². The second kappa shape index (κ2) is 6.47. The Hall–Kier alpha value is -1.69. The number of H-pyrrole nitrogens is 1. The van der Waals surface area contributed by atoms with Crippen molar-refractivity contribution in [3.8, 4) is 0 Å². The third kappa shape index (κ3) is 4.48. The Kier molecular flexibility index (Phi) is 5.23. The number of nitro groups is 1. The Balaban J connectivity index is 2.73. The molecule has 6 nitrogen and oxygen atoms in total. The number of rotatable bonds is 7. The molecule has 1 rings (SSSR count). The van der Waals surface area contributed by atoms with Gasteiger partial charge in [0.2, 0.25) is 0 Å². The summed E-state index contributed by atoms with van der Waals surface area (Å²) in [5, 5.41) is 10.6. The van der Waals surface area contributed by atoms with Gasteiger partial charge in [-0.2, -0.15) is 0 Å². The Morgan fingerprint density at radius 1 is 1.42 bits per heavy atom. The van der Waals surface area contributed by atoms with Gasteiger partial charge in [0.05, 0.1) is 23.4 Å². The van der Waals surface area contributed by atoms with E-state index in [2.05, 4.69) is 23.7 Å². The van der Waals surface area contributed by atoms with Gasteiger partial charge < -0.3 is 4.98 Å². The first-order valence-corrected chi connectivity index (χ1v) is 6.41. The highest BCUT2D eigenvalue weighted by atomic mass is 16.6. The lowest BCUT2D eigenvalue weighted by atomic mass is 10.1. The van der Waals surface area contributed by atoms with Crippen LogP contribution in [0.3, 0.4) is 0 Å². The molecule has 1 aromatic heterocycles. The first kappa shape index (κ1) is 15.4. The molecule has 0 amide bonds. The van der Waals surface area contributed by atoms with Crippen LogP contribution in [0.5, 0.6) is 0 Å². The van der Waals surface area contributed by atoms with Gasteiger partial charge in [-0.15, -0.1) is 0 Å². The van der Waals surface area contributed by atoms with E-state index in [-0.39, 0.29) is 24.1 Å². The molecule has 0 aliphatic heterocycles. The SMILES string of the molecule is CC(C)CN(CC(=O)c1cc([N+](=O)[O-])c[nH]1)C(C)C. The summed E-state index contributed by atoms with van der Waals surface area (Å²) in [6.45, 7) is 9.36. The van der Waals surface area contributed by atoms with Crippen molar-refractivity contribution >= 4 is 11.5 Å². The molecule has 0 aromatic carbocycles. The van der Waals surface area contributed by atoms with E-state index in [1.807, 2.05) is 13.8 Å². The summed E-state index contributed by atoms with van der Waals surface area (Å²) in [6.07, 6.45) is 1.25. The van der Waals surface area contributed by atoms with Gasteiger partial charge in [0.1, 0.15) is 0 Å². The zero-order valence-electron chi connectivity index (χ0n) is 11.8. The van der Waals surface area contributed by atoms with E-state index in [4.69, 9.17) is 0 Å². The summed E-state index contributed by atoms with van der Waals surface area (Å²) in [4.78, 5) is 26.9. The zero-order chi connectivity index (χ0) is 14.6. The molecule has 0 unspecified atom stereocenters. The molecule has 0 radical (unpaired) electrons. The highest BCUT2D eigenvalue weighted by Crippen LogP contribution is 2.14. The van der Waals surface area contributed by atoms with E-state index in [0.29, 0.717) is 11.6 Å². The predicted molar refractivity (Wildman–Crippen MR) is 73.3 cm³/mol. The highest BCUT2D eigenvalue weighted by Gasteiger charge is 2.19. The van der Waals surface area contributed by atoms with E-state index < -0.39 is 4.92 Å². The topological polar surface area (TPSA) is 79.2 Å². The van der Waals surface area contributed by atoms with Crippen LogP contribution in [0.25, 0.3) is 0 Å². The molecule has 0 aliphatic carbocycles. The third-order valence-corrected chi connectivity index (χ3v) is 2.86. The fourth-order valence-corrected chi connectivity index (χ4v) is 1.85. The maximum atomic E-state index is 12.1. The largest absolute Gasteiger partial charge is 0.353 e. The smallest absolute Gasteiger partial charge is 0.287 e. The molecule has 1 aromatic rings. The van der Waals surface area contributed by atoms with Crippen molar-refractivity contribution in [3.63, 3.8) is 0 Å². The number of nitrogens with one attached hydrogen (secondary N) is 1. The molecule has 0 spiro atoms. The maximum Gasteiger partial charge on any atom is 0.287 e. The van der Waals surface area contributed by atoms with E-state index in [0.717, 1.165) is 6.54 Å². The molecule has 1 N–H and O–H groups in total. The maximum absolute atomic E-state index is 12.1. The first-order valence-electron chi connectivity index (χ1n) is 6.41. The molecule has 1 heterocycles. The summed E-state index contributed by atoms with van der Waals surface area (Å²) in [5.41, 5.74) is 0.212. The quantitative estimate of drug-likeness (QED) is 0.467. The Morgan fingerprint density at radius 2 is 2.05 bits per heavy atom. The fraction of sp³-hybridized carbons (Fsp3) is 0.615. The standard InChI is InChI=1S/C13H21N3O3/c1-9(2)7-15(10(3)4)8-13(17)12-5-11(6-14-12)16(18)19/h5-6,9-10,14H,7-8H2,1-4H3. The third-order valence-electron chi connectivity index (χ3n) is 2.86. The van der Waals surface area contributed by atoms with Crippen LogP contribution in [0.4, 0.5) is 5.69 Å². The van der Waals surface area contributed by atoms with Crippen molar-refractivity contribution in [2.75, 3.05) is 13.1 Å². The molecular weight excluding hydrogens is 246 g/mol. The predicted octanol–water partition coefficient (Wildman–Crippen LogP) is 2.47. The van der Waals surface area contributed by atoms with E-state index in [1.165, 1.54) is 12.3 Å². The number of hydrogen-bond donors (Lipinski definition) is 1. The van der Waals surface area contributed by atoms with Crippen molar-refractivity contribution in [2.24, 2.45) is 5.92 Å². The van der Waals surface area contributed by atoms with Gasteiger partial charge in [-0.1, -0.05) is 13.8 Å². The van der Waals surface area contributed by atoms with Gasteiger partial charge in [0.25, 0.3) is 5.69 Å². The van der Waals surface area contributed by atoms with Gasteiger partial charge in [0.15, 0.2) is 5.78 Å². The summed E-state index contributed by atoms with van der Waals surface area (Å²) in [7, 11) is 0. The molecule has 0 fully saturated rings. The summed E-state index contributed by atoms with van der Waals surface area (Å²) >= 11 is 0. The number of carbonyl (C=O) groups is 1. The van der Waals surface area contributed by atoms with Crippen LogP contribution in [0.1, 0.15) is 38.2 Å². The van der Waals surface area contributed by atoms with Gasteiger partial charge in [-0.25, -0.2) is 0 Å². The first-order chi connectivity index (χ1) is 8.81. The van der Waals surface area contributed by atoms with Crippen LogP contribution in [-0.2, 0) is 0 Å². The Bertz CT molecular complexity index is 452. The van der Waals surface area contributed by atoms with Gasteiger partial charge in [0, 0.05) is 18.7 Å². The molecule has 106 valence electrons. The molecule has 0 bridgehead atoms. The van der Waals surface area contributed by atoms with Crippen molar-refractivity contribution in [2.45, 2.75) is 33.7 Å². The van der Waals surface area contributed by atoms with Gasteiger partial charge in [-0.05, 0) is 19.8 Å². The fourth-order valence-electron chi connectivity index (χ4n) is 1.85. The van der Waals surface area contributed by atoms with Gasteiger partial charge in [-0.3, -0.25) is 19.8 Å². The number of aromatic nitrogens is 1. The van der Waals surface area contributed by atoms with Crippen molar-refractivity contribution in [1.29, 1.82) is 0 Å². The number of hydrogen-bond acceptors (Lipinski definition) is 4. The molecule has 0 saturated heterocycles. The average Bonchev–Trinajstić information content (AvgIpc) is 2.76. The highest BCUT2D eigenvalue weighted by molar-refractivity contribution is 5.96. The second-order valence-electron chi connectivity index (χ2n) is 5.37. The normalized spacial score (nSPS) is 11.5. The van der Waals surface area contributed by atoms with Gasteiger partial charge >= 0.3 is 0 Å². The van der Waals surface area contributed by atoms with E-state index in [9.17, 15) is 14.9 Å². The van der Waals surface area contributed by atoms with E-state index in [1.54, 1.807) is 0 Å². The van der Waals surface area contributed by atoms with Crippen LogP contribution < -0.4 is 0 Å². The summed E-state index contributed by atoms with van der Waals surface area (Å²) in [6, 6.07) is 1.55. The summed E-state index contributed by atoms with van der Waals surface area (Å²) < 4.78 is 0. The second-order valence-corrected chi connectivity index (χ2v) is 5.37. The number of nitrogens with zero attached hydrogens (tertiary/aromatic N) is 2. The monoisotopic (exact) mass is 267 g/mol. The molecule has 0 atom stereocenters. The van der Waals surface area contributed by atoms with Crippen molar-refractivity contribution < 1.29 is 9.72 Å². The van der Waals surface area contributed by atoms with E-state index >= 15 is 0 Å². The molecular formula is C13H21N3O3. The van der Waals surface area contributed by atoms with Crippen LogP contribution in [0.15, 0.2) is 12.3 Å². The Labute approximate surface area is 112 Å². The lowest BCUT2D eigenvalue weighted by Crippen LogP contribution is -2.38. The lowest BCUT2D eigenvalue weighted by molar-refractivity contribution is -0.384. The van der Waals surface area contributed by atoms with Crippen LogP contribution in [-0.4, -0.2) is 39.7 Å². The average molecular weight is 267 g/mol. The number of ketones is 1. The minimum absolute atomic E-state index is 0.0803. The van der Waals surface area contributed by atoms with Crippen LogP contribution >= 0.6 is 0 Å². The van der Waals surface area contributed by atoms with Crippen molar-refractivity contribution in [3.05, 3.63) is 28.1 Å². The molecule has 0 saturated carbocycles. The number of Topliss-reactive ketones (excluding diaryl/α,β-unsaturated/α-hetero) is 1. The Morgan fingerprint density at radius 3 is 2.47 bits per heavy atom. The molecule has 19 heavy (non-hydrogen) atoms.